The largest absolute Gasteiger partial charge is 0.328 e. The molecule has 1 aliphatic heterocycles. The molecule has 1 aromatic carbocycles. The van der Waals surface area contributed by atoms with Crippen LogP contribution in [0.4, 0.5) is 5.69 Å². The highest BCUT2D eigenvalue weighted by Gasteiger charge is 2.36. The highest BCUT2D eigenvalue weighted by atomic mass is 16.2. The van der Waals surface area contributed by atoms with Crippen LogP contribution in [-0.4, -0.2) is 18.5 Å². The van der Waals surface area contributed by atoms with Gasteiger partial charge in [0.15, 0.2) is 0 Å². The van der Waals surface area contributed by atoms with E-state index in [2.05, 4.69) is 6.07 Å². The van der Waals surface area contributed by atoms with E-state index in [9.17, 15) is 4.79 Å². The van der Waals surface area contributed by atoms with E-state index in [0.29, 0.717) is 0 Å². The molecule has 0 unspecified atom stereocenters. The van der Waals surface area contributed by atoms with Gasteiger partial charge in [0.2, 0.25) is 5.91 Å². The van der Waals surface area contributed by atoms with E-state index >= 15 is 0 Å². The summed E-state index contributed by atoms with van der Waals surface area (Å²) in [4.78, 5) is 14.1. The fourth-order valence-electron chi connectivity index (χ4n) is 2.65. The number of amides is 1. The Bertz CT molecular complexity index is 424. The zero-order chi connectivity index (χ0) is 11.1. The lowest BCUT2D eigenvalue weighted by atomic mass is 9.80. The first-order valence-electron chi connectivity index (χ1n) is 5.90. The molecule has 1 fully saturated rings. The van der Waals surface area contributed by atoms with Crippen molar-refractivity contribution in [2.45, 2.75) is 25.3 Å². The molecule has 1 amide bonds. The van der Waals surface area contributed by atoms with Gasteiger partial charge < -0.3 is 10.6 Å². The lowest BCUT2D eigenvalue weighted by Crippen LogP contribution is -2.46. The Hall–Kier alpha value is -1.35. The molecule has 1 saturated carbocycles. The van der Waals surface area contributed by atoms with Crippen LogP contribution in [0.5, 0.6) is 0 Å². The Balaban J connectivity index is 1.80. The fourth-order valence-corrected chi connectivity index (χ4v) is 2.65. The van der Waals surface area contributed by atoms with Gasteiger partial charge in [0.1, 0.15) is 0 Å². The summed E-state index contributed by atoms with van der Waals surface area (Å²) in [5, 5.41) is 0. The number of hydrogen-bond donors (Lipinski definition) is 1. The predicted molar refractivity (Wildman–Crippen MR) is 63.2 cm³/mol. The lowest BCUT2D eigenvalue weighted by Gasteiger charge is -2.34. The molecule has 84 valence electrons. The first-order valence-corrected chi connectivity index (χ1v) is 5.90. The second-order valence-corrected chi connectivity index (χ2v) is 4.80. The summed E-state index contributed by atoms with van der Waals surface area (Å²) in [5.41, 5.74) is 8.13. The molecule has 0 bridgehead atoms. The minimum Gasteiger partial charge on any atom is -0.328 e. The van der Waals surface area contributed by atoms with Crippen molar-refractivity contribution < 1.29 is 4.79 Å². The van der Waals surface area contributed by atoms with Gasteiger partial charge in [-0.25, -0.2) is 0 Å². The summed E-state index contributed by atoms with van der Waals surface area (Å²) in [5.74, 6) is 0.438. The van der Waals surface area contributed by atoms with E-state index in [-0.39, 0.29) is 17.9 Å². The van der Waals surface area contributed by atoms with Gasteiger partial charge in [-0.05, 0) is 30.9 Å². The zero-order valence-electron chi connectivity index (χ0n) is 9.23. The normalized spacial score (nSPS) is 27.4. The van der Waals surface area contributed by atoms with Gasteiger partial charge in [0.05, 0.1) is 0 Å². The van der Waals surface area contributed by atoms with Crippen LogP contribution >= 0.6 is 0 Å². The number of para-hydroxylation sites is 1. The average molecular weight is 216 g/mol. The second kappa shape index (κ2) is 3.59. The maximum atomic E-state index is 12.2. The molecule has 0 atom stereocenters. The van der Waals surface area contributed by atoms with Crippen LogP contribution in [0.1, 0.15) is 18.4 Å². The Kier molecular flexibility index (Phi) is 2.21. The standard InChI is InChI=1S/C13H16N2O/c14-11-7-10(8-11)13(16)15-6-5-9-3-1-2-4-12(9)15/h1-4,10-11H,5-8,14H2. The molecule has 2 N–H and O–H groups in total. The molecule has 3 rings (SSSR count). The smallest absolute Gasteiger partial charge is 0.230 e. The van der Waals surface area contributed by atoms with Gasteiger partial charge in [-0.3, -0.25) is 4.79 Å². The van der Waals surface area contributed by atoms with E-state index in [4.69, 9.17) is 5.73 Å². The zero-order valence-corrected chi connectivity index (χ0v) is 9.23. The van der Waals surface area contributed by atoms with E-state index < -0.39 is 0 Å². The van der Waals surface area contributed by atoms with E-state index in [1.54, 1.807) is 0 Å². The van der Waals surface area contributed by atoms with Crippen LogP contribution in [0.2, 0.25) is 0 Å². The first-order chi connectivity index (χ1) is 7.75. The molecule has 2 aliphatic rings. The van der Waals surface area contributed by atoms with Gasteiger partial charge in [0, 0.05) is 24.2 Å². The highest BCUT2D eigenvalue weighted by Crippen LogP contribution is 2.33. The molecule has 1 aromatic rings. The van der Waals surface area contributed by atoms with Crippen molar-refractivity contribution in [1.82, 2.24) is 0 Å². The molecule has 3 nitrogen and oxygen atoms in total. The number of nitrogens with two attached hydrogens (primary N) is 1. The van der Waals surface area contributed by atoms with Crippen LogP contribution in [0.3, 0.4) is 0 Å². The van der Waals surface area contributed by atoms with Crippen molar-refractivity contribution in [3.63, 3.8) is 0 Å². The molecular formula is C13H16N2O. The maximum Gasteiger partial charge on any atom is 0.230 e. The predicted octanol–water partition coefficient (Wildman–Crippen LogP) is 1.31. The third-order valence-corrected chi connectivity index (χ3v) is 3.68. The maximum absolute atomic E-state index is 12.2. The molecule has 3 heteroatoms. The van der Waals surface area contributed by atoms with Gasteiger partial charge in [-0.2, -0.15) is 0 Å². The van der Waals surface area contributed by atoms with E-state index in [1.165, 1.54) is 5.56 Å². The van der Waals surface area contributed by atoms with Crippen molar-refractivity contribution in [3.05, 3.63) is 29.8 Å². The SMILES string of the molecule is NC1CC(C(=O)N2CCc3ccccc32)C1. The van der Waals surface area contributed by atoms with Gasteiger partial charge in [-0.15, -0.1) is 0 Å². The molecule has 0 saturated heterocycles. The van der Waals surface area contributed by atoms with Crippen LogP contribution in [0, 0.1) is 5.92 Å². The van der Waals surface area contributed by atoms with Gasteiger partial charge >= 0.3 is 0 Å². The van der Waals surface area contributed by atoms with Crippen LogP contribution in [0.25, 0.3) is 0 Å². The number of benzene rings is 1. The van der Waals surface area contributed by atoms with Crippen LogP contribution < -0.4 is 10.6 Å². The van der Waals surface area contributed by atoms with E-state index in [0.717, 1.165) is 31.5 Å². The number of fused-ring (bicyclic) bond motifs is 1. The number of carbonyl (C=O) groups is 1. The number of anilines is 1. The molecule has 0 spiro atoms. The third kappa shape index (κ3) is 1.43. The summed E-state index contributed by atoms with van der Waals surface area (Å²) in [6, 6.07) is 8.42. The van der Waals surface area contributed by atoms with Crippen molar-refractivity contribution in [3.8, 4) is 0 Å². The quantitative estimate of drug-likeness (QED) is 0.769. The lowest BCUT2D eigenvalue weighted by molar-refractivity contribution is -0.125. The summed E-state index contributed by atoms with van der Waals surface area (Å²) < 4.78 is 0. The minimum atomic E-state index is 0.168. The highest BCUT2D eigenvalue weighted by molar-refractivity contribution is 5.97. The Morgan fingerprint density at radius 1 is 1.31 bits per heavy atom. The molecule has 0 radical (unpaired) electrons. The topological polar surface area (TPSA) is 46.3 Å². The monoisotopic (exact) mass is 216 g/mol. The van der Waals surface area contributed by atoms with Crippen molar-refractivity contribution in [1.29, 1.82) is 0 Å². The number of nitrogens with zero attached hydrogens (tertiary/aromatic N) is 1. The first kappa shape index (κ1) is 9.85. The summed E-state index contributed by atoms with van der Waals surface area (Å²) >= 11 is 0. The van der Waals surface area contributed by atoms with E-state index in [1.807, 2.05) is 23.1 Å². The molecule has 16 heavy (non-hydrogen) atoms. The van der Waals surface area contributed by atoms with Crippen molar-refractivity contribution >= 4 is 11.6 Å². The van der Waals surface area contributed by atoms with Crippen LogP contribution in [0.15, 0.2) is 24.3 Å². The number of hydrogen-bond acceptors (Lipinski definition) is 2. The van der Waals surface area contributed by atoms with Gasteiger partial charge in [0.25, 0.3) is 0 Å². The summed E-state index contributed by atoms with van der Waals surface area (Å²) in [7, 11) is 0. The molecule has 0 aromatic heterocycles. The third-order valence-electron chi connectivity index (χ3n) is 3.68. The fraction of sp³-hybridized carbons (Fsp3) is 0.462. The average Bonchev–Trinajstić information content (AvgIpc) is 2.67. The molecule has 1 heterocycles. The van der Waals surface area contributed by atoms with Crippen molar-refractivity contribution in [2.24, 2.45) is 11.7 Å². The Morgan fingerprint density at radius 3 is 2.81 bits per heavy atom. The molecular weight excluding hydrogens is 200 g/mol. The Labute approximate surface area is 95.2 Å². The Morgan fingerprint density at radius 2 is 2.06 bits per heavy atom. The number of rotatable bonds is 1. The van der Waals surface area contributed by atoms with Crippen molar-refractivity contribution in [2.75, 3.05) is 11.4 Å². The number of carbonyl (C=O) groups excluding carboxylic acids is 1. The van der Waals surface area contributed by atoms with Gasteiger partial charge in [-0.1, -0.05) is 18.2 Å². The second-order valence-electron chi connectivity index (χ2n) is 4.80. The summed E-state index contributed by atoms with van der Waals surface area (Å²) in [6.07, 6.45) is 2.70. The minimum absolute atomic E-state index is 0.168. The summed E-state index contributed by atoms with van der Waals surface area (Å²) in [6.45, 7) is 0.837. The molecule has 1 aliphatic carbocycles. The van der Waals surface area contributed by atoms with Crippen LogP contribution in [-0.2, 0) is 11.2 Å².